The van der Waals surface area contributed by atoms with Gasteiger partial charge in [-0.2, -0.15) is 4.31 Å². The number of anilines is 1. The highest BCUT2D eigenvalue weighted by Gasteiger charge is 2.32. The highest BCUT2D eigenvalue weighted by Crippen LogP contribution is 2.28. The lowest BCUT2D eigenvalue weighted by Gasteiger charge is -2.30. The van der Waals surface area contributed by atoms with Gasteiger partial charge in [-0.05, 0) is 38.8 Å². The molecule has 9 heteroatoms. The fraction of sp³-hybridized carbons (Fsp3) is 0.292. The molecule has 0 saturated carbocycles. The molecule has 0 atom stereocenters. The van der Waals surface area contributed by atoms with Crippen LogP contribution in [0.25, 0.3) is 11.3 Å². The van der Waals surface area contributed by atoms with Crippen LogP contribution in [-0.4, -0.2) is 42.5 Å². The lowest BCUT2D eigenvalue weighted by atomic mass is 9.97. The molecule has 3 aromatic rings. The first-order chi connectivity index (χ1) is 15.7. The summed E-state index contributed by atoms with van der Waals surface area (Å²) in [5, 5.41) is 5.32. The van der Waals surface area contributed by atoms with Crippen LogP contribution < -0.4 is 5.32 Å². The second-order valence-corrected chi connectivity index (χ2v) is 11.0. The number of sulfonamides is 1. The molecule has 7 nitrogen and oxygen atoms in total. The standard InChI is InChI=1S/C24H25N3O4S2/c1-16-6-8-18(9-7-16)22-15-32-24(25-22)26-23(29)19-10-12-27(13-11-19)33(30,31)21-5-3-4-20(14-21)17(2)28/h3-9,14-15,19H,10-13H2,1-2H3,(H,25,26,29). The highest BCUT2D eigenvalue weighted by molar-refractivity contribution is 7.89. The van der Waals surface area contributed by atoms with E-state index in [9.17, 15) is 18.0 Å². The number of aromatic nitrogens is 1. The lowest BCUT2D eigenvalue weighted by Crippen LogP contribution is -2.41. The summed E-state index contributed by atoms with van der Waals surface area (Å²) in [7, 11) is -3.72. The molecular weight excluding hydrogens is 458 g/mol. The smallest absolute Gasteiger partial charge is 0.243 e. The Labute approximate surface area is 197 Å². The minimum Gasteiger partial charge on any atom is -0.302 e. The van der Waals surface area contributed by atoms with Gasteiger partial charge in [-0.1, -0.05) is 42.0 Å². The van der Waals surface area contributed by atoms with Gasteiger partial charge in [0.05, 0.1) is 10.6 Å². The molecule has 0 spiro atoms. The third-order valence-corrected chi connectivity index (χ3v) is 8.44. The average molecular weight is 484 g/mol. The molecule has 0 unspecified atom stereocenters. The van der Waals surface area contributed by atoms with Crippen LogP contribution in [-0.2, 0) is 14.8 Å². The summed E-state index contributed by atoms with van der Waals surface area (Å²) in [5.74, 6) is -0.614. The monoisotopic (exact) mass is 483 g/mol. The molecule has 0 aliphatic carbocycles. The number of hydrogen-bond acceptors (Lipinski definition) is 6. The van der Waals surface area contributed by atoms with Gasteiger partial charge in [-0.25, -0.2) is 13.4 Å². The van der Waals surface area contributed by atoms with Gasteiger partial charge in [0, 0.05) is 35.5 Å². The average Bonchev–Trinajstić information content (AvgIpc) is 3.28. The SMILES string of the molecule is CC(=O)c1cccc(S(=O)(=O)N2CCC(C(=O)Nc3nc(-c4ccc(C)cc4)cs3)CC2)c1. The van der Waals surface area contributed by atoms with Crippen molar-refractivity contribution in [2.24, 2.45) is 5.92 Å². The Morgan fingerprint density at radius 2 is 1.79 bits per heavy atom. The molecule has 1 aromatic heterocycles. The number of Topliss-reactive ketones (excluding diaryl/α,β-unsaturated/α-hetero) is 1. The van der Waals surface area contributed by atoms with E-state index in [2.05, 4.69) is 10.3 Å². The quantitative estimate of drug-likeness (QED) is 0.526. The number of benzene rings is 2. The van der Waals surface area contributed by atoms with E-state index in [1.165, 1.54) is 40.3 Å². The number of rotatable bonds is 6. The van der Waals surface area contributed by atoms with Gasteiger partial charge in [-0.3, -0.25) is 9.59 Å². The second-order valence-electron chi connectivity index (χ2n) is 8.16. The maximum Gasteiger partial charge on any atom is 0.243 e. The number of amides is 1. The van der Waals surface area contributed by atoms with Gasteiger partial charge in [-0.15, -0.1) is 11.3 Å². The van der Waals surface area contributed by atoms with Gasteiger partial charge in [0.1, 0.15) is 0 Å². The predicted molar refractivity (Wildman–Crippen MR) is 129 cm³/mol. The minimum atomic E-state index is -3.72. The summed E-state index contributed by atoms with van der Waals surface area (Å²) in [6.45, 7) is 3.92. The number of nitrogens with one attached hydrogen (secondary N) is 1. The van der Waals surface area contributed by atoms with Crippen LogP contribution >= 0.6 is 11.3 Å². The normalized spacial score (nSPS) is 15.3. The zero-order chi connectivity index (χ0) is 23.6. The molecule has 1 amide bonds. The molecule has 0 bridgehead atoms. The van der Waals surface area contributed by atoms with Crippen LogP contribution in [0.2, 0.25) is 0 Å². The first kappa shape index (κ1) is 23.3. The molecule has 1 aliphatic rings. The summed E-state index contributed by atoms with van der Waals surface area (Å²) >= 11 is 1.37. The largest absolute Gasteiger partial charge is 0.302 e. The van der Waals surface area contributed by atoms with Crippen molar-refractivity contribution >= 4 is 38.2 Å². The Hall–Kier alpha value is -2.88. The molecule has 172 valence electrons. The summed E-state index contributed by atoms with van der Waals surface area (Å²) in [6.07, 6.45) is 0.849. The number of nitrogens with zero attached hydrogens (tertiary/aromatic N) is 2. The second kappa shape index (κ2) is 9.54. The number of aryl methyl sites for hydroxylation is 1. The van der Waals surface area contributed by atoms with Crippen LogP contribution in [0.3, 0.4) is 0 Å². The van der Waals surface area contributed by atoms with Crippen molar-refractivity contribution in [1.82, 2.24) is 9.29 Å². The topological polar surface area (TPSA) is 96.4 Å². The van der Waals surface area contributed by atoms with Gasteiger partial charge >= 0.3 is 0 Å². The van der Waals surface area contributed by atoms with Crippen LogP contribution in [0, 0.1) is 12.8 Å². The predicted octanol–water partition coefficient (Wildman–Crippen LogP) is 4.36. The van der Waals surface area contributed by atoms with Crippen molar-refractivity contribution in [2.75, 3.05) is 18.4 Å². The molecule has 1 fully saturated rings. The Morgan fingerprint density at radius 3 is 2.45 bits per heavy atom. The molecule has 0 radical (unpaired) electrons. The third-order valence-electron chi connectivity index (χ3n) is 5.78. The summed E-state index contributed by atoms with van der Waals surface area (Å²) in [4.78, 5) is 29.0. The Bertz CT molecular complexity index is 1280. The number of piperidine rings is 1. The van der Waals surface area contributed by atoms with Gasteiger partial charge in [0.15, 0.2) is 10.9 Å². The summed E-state index contributed by atoms with van der Waals surface area (Å²) in [6, 6.07) is 14.1. The van der Waals surface area contributed by atoms with E-state index in [0.717, 1.165) is 11.3 Å². The van der Waals surface area contributed by atoms with Crippen LogP contribution in [0.5, 0.6) is 0 Å². The molecular formula is C24H25N3O4S2. The molecule has 1 saturated heterocycles. The van der Waals surface area contributed by atoms with E-state index in [-0.39, 0.29) is 35.6 Å². The summed E-state index contributed by atoms with van der Waals surface area (Å²) < 4.78 is 27.4. The number of thiazole rings is 1. The number of hydrogen-bond donors (Lipinski definition) is 1. The molecule has 1 N–H and O–H groups in total. The van der Waals surface area contributed by atoms with Crippen molar-refractivity contribution in [3.8, 4) is 11.3 Å². The van der Waals surface area contributed by atoms with Crippen molar-refractivity contribution in [3.63, 3.8) is 0 Å². The van der Waals surface area contributed by atoms with E-state index >= 15 is 0 Å². The van der Waals surface area contributed by atoms with Crippen molar-refractivity contribution in [2.45, 2.75) is 31.6 Å². The Morgan fingerprint density at radius 1 is 1.09 bits per heavy atom. The van der Waals surface area contributed by atoms with E-state index < -0.39 is 10.0 Å². The fourth-order valence-corrected chi connectivity index (χ4v) is 6.02. The molecule has 2 heterocycles. The molecule has 1 aliphatic heterocycles. The van der Waals surface area contributed by atoms with Gasteiger partial charge < -0.3 is 5.32 Å². The van der Waals surface area contributed by atoms with E-state index in [1.54, 1.807) is 12.1 Å². The fourth-order valence-electron chi connectivity index (χ4n) is 3.78. The first-order valence-corrected chi connectivity index (χ1v) is 13.0. The number of ketones is 1. The van der Waals surface area contributed by atoms with Crippen LogP contribution in [0.4, 0.5) is 5.13 Å². The molecule has 2 aromatic carbocycles. The molecule has 33 heavy (non-hydrogen) atoms. The highest BCUT2D eigenvalue weighted by atomic mass is 32.2. The maximum absolute atomic E-state index is 13.0. The van der Waals surface area contributed by atoms with Crippen molar-refractivity contribution < 1.29 is 18.0 Å². The zero-order valence-corrected chi connectivity index (χ0v) is 20.1. The lowest BCUT2D eigenvalue weighted by molar-refractivity contribution is -0.120. The van der Waals surface area contributed by atoms with Crippen molar-refractivity contribution in [3.05, 3.63) is 65.0 Å². The van der Waals surface area contributed by atoms with Crippen LogP contribution in [0.15, 0.2) is 58.8 Å². The van der Waals surface area contributed by atoms with Gasteiger partial charge in [0.2, 0.25) is 15.9 Å². The van der Waals surface area contributed by atoms with Crippen molar-refractivity contribution in [1.29, 1.82) is 0 Å². The minimum absolute atomic E-state index is 0.101. The molecule has 4 rings (SSSR count). The third kappa shape index (κ3) is 5.21. The Balaban J connectivity index is 1.37. The van der Waals surface area contributed by atoms with E-state index in [1.807, 2.05) is 36.6 Å². The summed E-state index contributed by atoms with van der Waals surface area (Å²) in [5.41, 5.74) is 3.33. The number of carbonyl (C=O) groups excluding carboxylic acids is 2. The first-order valence-electron chi connectivity index (χ1n) is 10.7. The maximum atomic E-state index is 13.0. The zero-order valence-electron chi connectivity index (χ0n) is 18.4. The van der Waals surface area contributed by atoms with E-state index in [4.69, 9.17) is 0 Å². The van der Waals surface area contributed by atoms with E-state index in [0.29, 0.717) is 23.5 Å². The Kier molecular flexibility index (Phi) is 6.73. The number of carbonyl (C=O) groups is 2. The van der Waals surface area contributed by atoms with Gasteiger partial charge in [0.25, 0.3) is 0 Å². The van der Waals surface area contributed by atoms with Crippen LogP contribution in [0.1, 0.15) is 35.7 Å².